The molecule has 2 aliphatic heterocycles. The summed E-state index contributed by atoms with van der Waals surface area (Å²) in [5.41, 5.74) is 3.51. The molecule has 6 heteroatoms. The highest BCUT2D eigenvalue weighted by atomic mass is 19.1. The van der Waals surface area contributed by atoms with Gasteiger partial charge in [-0.15, -0.1) is 0 Å². The maximum Gasteiger partial charge on any atom is 0.289 e. The van der Waals surface area contributed by atoms with Crippen LogP contribution in [0.1, 0.15) is 34.5 Å². The number of nitrogens with zero attached hydrogens (tertiary/aromatic N) is 3. The predicted molar refractivity (Wildman–Crippen MR) is 125 cm³/mol. The van der Waals surface area contributed by atoms with Crippen LogP contribution in [-0.4, -0.2) is 61.0 Å². The van der Waals surface area contributed by atoms with Gasteiger partial charge in [0.15, 0.2) is 5.76 Å². The number of likely N-dealkylation sites (tertiary alicyclic amines) is 1. The summed E-state index contributed by atoms with van der Waals surface area (Å²) in [7, 11) is 0. The Bertz CT molecular complexity index is 1130. The molecule has 3 aromatic rings. The number of para-hydroxylation sites is 1. The number of carbonyl (C=O) groups is 1. The maximum atomic E-state index is 14.2. The number of amides is 1. The number of hydrogen-bond acceptors (Lipinski definition) is 4. The SMILES string of the molecule is Cc1ccc2c(C)c(C(=O)N3CCCC(N4CCN(c5ccccc5F)CC4)C3)oc2c1. The second-order valence-electron chi connectivity index (χ2n) is 9.08. The van der Waals surface area contributed by atoms with Gasteiger partial charge in [-0.25, -0.2) is 4.39 Å². The lowest BCUT2D eigenvalue weighted by Crippen LogP contribution is -2.56. The number of aryl methyl sites for hydroxylation is 2. The third-order valence-electron chi connectivity index (χ3n) is 7.00. The van der Waals surface area contributed by atoms with Gasteiger partial charge in [0, 0.05) is 56.3 Å². The van der Waals surface area contributed by atoms with E-state index in [0.717, 1.165) is 67.7 Å². The van der Waals surface area contributed by atoms with E-state index in [0.29, 0.717) is 24.0 Å². The molecule has 0 bridgehead atoms. The van der Waals surface area contributed by atoms with E-state index in [1.807, 2.05) is 43.0 Å². The van der Waals surface area contributed by atoms with Crippen molar-refractivity contribution in [3.05, 3.63) is 65.2 Å². The fraction of sp³-hybridized carbons (Fsp3) is 0.423. The number of piperazine rings is 1. The normalized spacial score (nSPS) is 20.2. The van der Waals surface area contributed by atoms with Crippen molar-refractivity contribution in [3.63, 3.8) is 0 Å². The standard InChI is InChI=1S/C26H30FN3O2/c1-18-9-10-21-19(2)25(32-24(21)16-18)26(31)30-11-5-6-20(17-30)28-12-14-29(15-13-28)23-8-4-3-7-22(23)27/h3-4,7-10,16,20H,5-6,11-15,17H2,1-2H3. The summed E-state index contributed by atoms with van der Waals surface area (Å²) in [6.07, 6.45) is 2.07. The average molecular weight is 436 g/mol. The summed E-state index contributed by atoms with van der Waals surface area (Å²) in [5, 5.41) is 1.01. The van der Waals surface area contributed by atoms with E-state index in [9.17, 15) is 9.18 Å². The molecule has 3 heterocycles. The molecule has 0 radical (unpaired) electrons. The van der Waals surface area contributed by atoms with Crippen molar-refractivity contribution in [3.8, 4) is 0 Å². The van der Waals surface area contributed by atoms with Crippen LogP contribution in [0.25, 0.3) is 11.0 Å². The highest BCUT2D eigenvalue weighted by molar-refractivity contribution is 5.99. The molecule has 0 spiro atoms. The third kappa shape index (κ3) is 3.88. The zero-order valence-corrected chi connectivity index (χ0v) is 18.8. The van der Waals surface area contributed by atoms with Crippen molar-refractivity contribution < 1.29 is 13.6 Å². The van der Waals surface area contributed by atoms with Gasteiger partial charge in [0.05, 0.1) is 5.69 Å². The van der Waals surface area contributed by atoms with Gasteiger partial charge < -0.3 is 14.2 Å². The minimum atomic E-state index is -0.160. The van der Waals surface area contributed by atoms with E-state index < -0.39 is 0 Å². The highest BCUT2D eigenvalue weighted by Crippen LogP contribution is 2.29. The first kappa shape index (κ1) is 21.0. The summed E-state index contributed by atoms with van der Waals surface area (Å²) in [4.78, 5) is 19.9. The Morgan fingerprint density at radius 1 is 1.03 bits per heavy atom. The number of halogens is 1. The topological polar surface area (TPSA) is 39.9 Å². The molecule has 5 nitrogen and oxygen atoms in total. The van der Waals surface area contributed by atoms with Crippen LogP contribution in [0.3, 0.4) is 0 Å². The lowest BCUT2D eigenvalue weighted by Gasteiger charge is -2.43. The first-order chi connectivity index (χ1) is 15.5. The van der Waals surface area contributed by atoms with Crippen LogP contribution >= 0.6 is 0 Å². The van der Waals surface area contributed by atoms with Gasteiger partial charge in [-0.05, 0) is 50.5 Å². The molecule has 0 N–H and O–H groups in total. The van der Waals surface area contributed by atoms with Gasteiger partial charge in [-0.2, -0.15) is 0 Å². The molecule has 2 saturated heterocycles. The molecule has 32 heavy (non-hydrogen) atoms. The zero-order valence-electron chi connectivity index (χ0n) is 18.8. The molecule has 1 unspecified atom stereocenters. The number of rotatable bonds is 3. The number of anilines is 1. The molecule has 1 aromatic heterocycles. The van der Waals surface area contributed by atoms with Gasteiger partial charge in [0.25, 0.3) is 5.91 Å². The summed E-state index contributed by atoms with van der Waals surface area (Å²) >= 11 is 0. The molecule has 2 aromatic carbocycles. The third-order valence-corrected chi connectivity index (χ3v) is 7.00. The Hall–Kier alpha value is -2.86. The number of fused-ring (bicyclic) bond motifs is 1. The lowest BCUT2D eigenvalue weighted by molar-refractivity contribution is 0.0536. The van der Waals surface area contributed by atoms with Crippen LogP contribution in [0.4, 0.5) is 10.1 Å². The Kier molecular flexibility index (Phi) is 5.64. The van der Waals surface area contributed by atoms with E-state index in [1.54, 1.807) is 6.07 Å². The summed E-state index contributed by atoms with van der Waals surface area (Å²) < 4.78 is 20.2. The van der Waals surface area contributed by atoms with Gasteiger partial charge in [-0.3, -0.25) is 9.69 Å². The molecule has 0 saturated carbocycles. The molecule has 2 aliphatic rings. The monoisotopic (exact) mass is 435 g/mol. The molecule has 1 amide bonds. The van der Waals surface area contributed by atoms with Crippen molar-refractivity contribution in [1.29, 1.82) is 0 Å². The van der Waals surface area contributed by atoms with Crippen molar-refractivity contribution in [2.75, 3.05) is 44.2 Å². The van der Waals surface area contributed by atoms with Crippen molar-refractivity contribution in [2.45, 2.75) is 32.7 Å². The summed E-state index contributed by atoms with van der Waals surface area (Å²) in [5.74, 6) is 0.299. The van der Waals surface area contributed by atoms with Gasteiger partial charge in [0.2, 0.25) is 0 Å². The molecular formula is C26H30FN3O2. The lowest BCUT2D eigenvalue weighted by atomic mass is 10.0. The Labute approximate surface area is 188 Å². The van der Waals surface area contributed by atoms with E-state index >= 15 is 0 Å². The summed E-state index contributed by atoms with van der Waals surface area (Å²) in [6, 6.07) is 13.4. The summed E-state index contributed by atoms with van der Waals surface area (Å²) in [6.45, 7) is 8.83. The van der Waals surface area contributed by atoms with E-state index in [1.165, 1.54) is 6.07 Å². The minimum absolute atomic E-state index is 0.00829. The van der Waals surface area contributed by atoms with Gasteiger partial charge in [0.1, 0.15) is 11.4 Å². The van der Waals surface area contributed by atoms with Crippen LogP contribution in [0.5, 0.6) is 0 Å². The molecule has 2 fully saturated rings. The number of hydrogen-bond donors (Lipinski definition) is 0. The maximum absolute atomic E-state index is 14.2. The molecule has 5 rings (SSSR count). The van der Waals surface area contributed by atoms with Gasteiger partial charge in [-0.1, -0.05) is 24.3 Å². The van der Waals surface area contributed by atoms with Crippen molar-refractivity contribution >= 4 is 22.6 Å². The fourth-order valence-corrected chi connectivity index (χ4v) is 5.15. The van der Waals surface area contributed by atoms with Crippen molar-refractivity contribution in [2.24, 2.45) is 0 Å². The van der Waals surface area contributed by atoms with E-state index in [2.05, 4.69) is 15.9 Å². The molecule has 168 valence electrons. The first-order valence-corrected chi connectivity index (χ1v) is 11.5. The smallest absolute Gasteiger partial charge is 0.289 e. The number of carbonyl (C=O) groups excluding carboxylic acids is 1. The number of furan rings is 1. The quantitative estimate of drug-likeness (QED) is 0.602. The van der Waals surface area contributed by atoms with Crippen LogP contribution < -0.4 is 4.90 Å². The van der Waals surface area contributed by atoms with Gasteiger partial charge >= 0.3 is 0 Å². The minimum Gasteiger partial charge on any atom is -0.451 e. The first-order valence-electron chi connectivity index (χ1n) is 11.5. The Morgan fingerprint density at radius 2 is 1.81 bits per heavy atom. The van der Waals surface area contributed by atoms with Crippen LogP contribution in [0.15, 0.2) is 46.9 Å². The van der Waals surface area contributed by atoms with E-state index in [-0.39, 0.29) is 11.7 Å². The second-order valence-corrected chi connectivity index (χ2v) is 9.08. The van der Waals surface area contributed by atoms with Crippen LogP contribution in [0.2, 0.25) is 0 Å². The molecule has 1 atom stereocenters. The molecular weight excluding hydrogens is 405 g/mol. The number of benzene rings is 2. The predicted octanol–water partition coefficient (Wildman–Crippen LogP) is 4.62. The Morgan fingerprint density at radius 3 is 2.59 bits per heavy atom. The van der Waals surface area contributed by atoms with Crippen molar-refractivity contribution in [1.82, 2.24) is 9.80 Å². The Balaban J connectivity index is 1.26. The fourth-order valence-electron chi connectivity index (χ4n) is 5.15. The number of piperidine rings is 1. The molecule has 0 aliphatic carbocycles. The largest absolute Gasteiger partial charge is 0.451 e. The van der Waals surface area contributed by atoms with Crippen LogP contribution in [0, 0.1) is 19.7 Å². The highest BCUT2D eigenvalue weighted by Gasteiger charge is 2.32. The van der Waals surface area contributed by atoms with Crippen LogP contribution in [-0.2, 0) is 0 Å². The average Bonchev–Trinajstić information content (AvgIpc) is 3.14. The van der Waals surface area contributed by atoms with E-state index in [4.69, 9.17) is 4.42 Å². The second kappa shape index (κ2) is 8.58. The zero-order chi connectivity index (χ0) is 22.2.